The van der Waals surface area contributed by atoms with Crippen molar-refractivity contribution in [2.75, 3.05) is 13.7 Å². The van der Waals surface area contributed by atoms with Gasteiger partial charge in [-0.15, -0.1) is 0 Å². The van der Waals surface area contributed by atoms with E-state index in [9.17, 15) is 22.8 Å². The quantitative estimate of drug-likeness (QED) is 0.666. The monoisotopic (exact) mass is 305 g/mol. The molecule has 1 atom stereocenters. The van der Waals surface area contributed by atoms with Gasteiger partial charge < -0.3 is 14.8 Å². The second kappa shape index (κ2) is 6.57. The number of methoxy groups -OCH3 is 1. The summed E-state index contributed by atoms with van der Waals surface area (Å²) in [6.07, 6.45) is -5.18. The van der Waals surface area contributed by atoms with E-state index in [0.717, 1.165) is 0 Å². The van der Waals surface area contributed by atoms with Crippen molar-refractivity contribution < 1.29 is 32.2 Å². The van der Waals surface area contributed by atoms with Crippen molar-refractivity contribution >= 4 is 11.9 Å². The summed E-state index contributed by atoms with van der Waals surface area (Å²) in [5, 5.41) is 1.56. The normalized spacial score (nSPS) is 14.1. The zero-order chi connectivity index (χ0) is 16.1. The van der Waals surface area contributed by atoms with Crippen LogP contribution in [0.4, 0.5) is 13.2 Å². The Labute approximate surface area is 119 Å². The largest absolute Gasteiger partial charge is 0.462 e. The van der Waals surface area contributed by atoms with E-state index in [1.807, 2.05) is 0 Å². The predicted octanol–water partition coefficient (Wildman–Crippen LogP) is 1.88. The van der Waals surface area contributed by atoms with Crippen molar-refractivity contribution in [3.8, 4) is 0 Å². The summed E-state index contributed by atoms with van der Waals surface area (Å²) in [5.41, 5.74) is -3.59. The Balaban J connectivity index is 3.14. The van der Waals surface area contributed by atoms with Crippen LogP contribution in [-0.2, 0) is 14.3 Å². The molecule has 0 spiro atoms. The summed E-state index contributed by atoms with van der Waals surface area (Å²) < 4.78 is 48.2. The maximum atomic E-state index is 13.2. The number of carbonyl (C=O) groups excluding carboxylic acids is 2. The lowest BCUT2D eigenvalue weighted by molar-refractivity contribution is -0.277. The van der Waals surface area contributed by atoms with Crippen LogP contribution < -0.4 is 5.32 Å². The fourth-order valence-electron chi connectivity index (χ4n) is 1.54. The summed E-state index contributed by atoms with van der Waals surface area (Å²) >= 11 is 0. The van der Waals surface area contributed by atoms with Crippen LogP contribution >= 0.6 is 0 Å². The van der Waals surface area contributed by atoms with Crippen LogP contribution in [0.3, 0.4) is 0 Å². The Hall–Kier alpha value is -2.09. The third-order valence-corrected chi connectivity index (χ3v) is 2.59. The van der Waals surface area contributed by atoms with Gasteiger partial charge in [0.2, 0.25) is 0 Å². The van der Waals surface area contributed by atoms with Crippen molar-refractivity contribution in [3.63, 3.8) is 0 Å². The molecule has 0 aliphatic rings. The fourth-order valence-corrected chi connectivity index (χ4v) is 1.54. The highest BCUT2D eigenvalue weighted by Crippen LogP contribution is 2.32. The average Bonchev–Trinajstić information content (AvgIpc) is 2.44. The molecule has 0 radical (unpaired) electrons. The van der Waals surface area contributed by atoms with E-state index in [1.165, 1.54) is 31.2 Å². The lowest BCUT2D eigenvalue weighted by Crippen LogP contribution is -2.65. The van der Waals surface area contributed by atoms with E-state index in [4.69, 9.17) is 0 Å². The molecular weight excluding hydrogens is 291 g/mol. The van der Waals surface area contributed by atoms with Gasteiger partial charge in [-0.25, -0.2) is 4.79 Å². The lowest BCUT2D eigenvalue weighted by atomic mass is 10.1. The van der Waals surface area contributed by atoms with Crippen LogP contribution in [0, 0.1) is 0 Å². The van der Waals surface area contributed by atoms with Crippen LogP contribution in [0.15, 0.2) is 30.3 Å². The van der Waals surface area contributed by atoms with Crippen LogP contribution in [0.2, 0.25) is 0 Å². The van der Waals surface area contributed by atoms with E-state index in [1.54, 1.807) is 11.4 Å². The molecule has 0 aliphatic heterocycles. The van der Waals surface area contributed by atoms with Crippen molar-refractivity contribution in [2.24, 2.45) is 0 Å². The molecule has 0 saturated heterocycles. The first-order valence-electron chi connectivity index (χ1n) is 5.95. The molecule has 21 heavy (non-hydrogen) atoms. The minimum Gasteiger partial charge on any atom is -0.462 e. The standard InChI is InChI=1S/C13H14F3NO4/c1-3-21-11(19)12(20-2,13(14,15)16)17-10(18)9-7-5-4-6-8-9/h4-8H,3H2,1-2H3,(H,17,18). The molecular formula is C13H14F3NO4. The van der Waals surface area contributed by atoms with Gasteiger partial charge in [0.25, 0.3) is 5.91 Å². The fraction of sp³-hybridized carbons (Fsp3) is 0.385. The van der Waals surface area contributed by atoms with Gasteiger partial charge in [-0.3, -0.25) is 4.79 Å². The zero-order valence-electron chi connectivity index (χ0n) is 11.4. The Kier molecular flexibility index (Phi) is 5.31. The molecule has 1 aromatic carbocycles. The highest BCUT2D eigenvalue weighted by Gasteiger charge is 2.64. The number of carbonyl (C=O) groups is 2. The summed E-state index contributed by atoms with van der Waals surface area (Å²) in [4.78, 5) is 23.5. The Morgan fingerprint density at radius 3 is 2.19 bits per heavy atom. The van der Waals surface area contributed by atoms with E-state index in [0.29, 0.717) is 7.11 Å². The van der Waals surface area contributed by atoms with E-state index < -0.39 is 23.8 Å². The van der Waals surface area contributed by atoms with E-state index in [-0.39, 0.29) is 12.2 Å². The summed E-state index contributed by atoms with van der Waals surface area (Å²) in [6, 6.07) is 7.15. The minimum absolute atomic E-state index is 0.0486. The highest BCUT2D eigenvalue weighted by atomic mass is 19.4. The van der Waals surface area contributed by atoms with E-state index >= 15 is 0 Å². The van der Waals surface area contributed by atoms with Crippen LogP contribution in [0.1, 0.15) is 17.3 Å². The number of hydrogen-bond acceptors (Lipinski definition) is 4. The first-order chi connectivity index (χ1) is 9.78. The lowest BCUT2D eigenvalue weighted by Gasteiger charge is -2.32. The van der Waals surface area contributed by atoms with Crippen LogP contribution in [-0.4, -0.2) is 37.5 Å². The Bertz CT molecular complexity index is 504. The summed E-state index contributed by atoms with van der Waals surface area (Å²) in [5.74, 6) is -2.84. The van der Waals surface area contributed by atoms with Crippen molar-refractivity contribution in [3.05, 3.63) is 35.9 Å². The number of ether oxygens (including phenoxy) is 2. The first kappa shape index (κ1) is 17.0. The number of hydrogen-bond donors (Lipinski definition) is 1. The van der Waals surface area contributed by atoms with E-state index in [2.05, 4.69) is 9.47 Å². The smallest absolute Gasteiger partial charge is 0.448 e. The molecule has 1 N–H and O–H groups in total. The minimum atomic E-state index is -5.18. The molecule has 1 unspecified atom stereocenters. The molecule has 8 heteroatoms. The van der Waals surface area contributed by atoms with Gasteiger partial charge in [-0.05, 0) is 19.1 Å². The van der Waals surface area contributed by atoms with Gasteiger partial charge in [0, 0.05) is 12.7 Å². The molecule has 0 fully saturated rings. The molecule has 1 aromatic rings. The first-order valence-corrected chi connectivity index (χ1v) is 5.95. The second-order valence-electron chi connectivity index (χ2n) is 3.92. The molecule has 5 nitrogen and oxygen atoms in total. The van der Waals surface area contributed by atoms with Gasteiger partial charge in [-0.1, -0.05) is 18.2 Å². The van der Waals surface area contributed by atoms with Crippen molar-refractivity contribution in [2.45, 2.75) is 18.8 Å². The molecule has 0 aliphatic carbocycles. The Morgan fingerprint density at radius 1 is 1.19 bits per heavy atom. The summed E-state index contributed by atoms with van der Waals surface area (Å²) in [7, 11) is 0.662. The van der Waals surface area contributed by atoms with Gasteiger partial charge in [-0.2, -0.15) is 13.2 Å². The number of esters is 1. The molecule has 1 amide bonds. The molecule has 1 rings (SSSR count). The van der Waals surface area contributed by atoms with Gasteiger partial charge in [0.15, 0.2) is 0 Å². The number of alkyl halides is 3. The summed E-state index contributed by atoms with van der Waals surface area (Å²) in [6.45, 7) is 1.05. The predicted molar refractivity (Wildman–Crippen MR) is 66.3 cm³/mol. The maximum Gasteiger partial charge on any atom is 0.448 e. The third-order valence-electron chi connectivity index (χ3n) is 2.59. The molecule has 0 heterocycles. The van der Waals surface area contributed by atoms with Crippen LogP contribution in [0.5, 0.6) is 0 Å². The van der Waals surface area contributed by atoms with Crippen molar-refractivity contribution in [1.82, 2.24) is 5.32 Å². The van der Waals surface area contributed by atoms with Crippen molar-refractivity contribution in [1.29, 1.82) is 0 Å². The van der Waals surface area contributed by atoms with Gasteiger partial charge in [0.05, 0.1) is 6.61 Å². The number of nitrogens with one attached hydrogen (secondary N) is 1. The third kappa shape index (κ3) is 3.52. The number of halogens is 3. The highest BCUT2D eigenvalue weighted by molar-refractivity contribution is 5.97. The SMILES string of the molecule is CCOC(=O)C(NC(=O)c1ccccc1)(OC)C(F)(F)F. The number of rotatable bonds is 5. The van der Waals surface area contributed by atoms with Crippen LogP contribution in [0.25, 0.3) is 0 Å². The number of amides is 1. The zero-order valence-corrected chi connectivity index (χ0v) is 11.4. The maximum absolute atomic E-state index is 13.2. The Morgan fingerprint density at radius 2 is 1.76 bits per heavy atom. The van der Waals surface area contributed by atoms with Gasteiger partial charge >= 0.3 is 17.9 Å². The topological polar surface area (TPSA) is 64.6 Å². The van der Waals surface area contributed by atoms with Gasteiger partial charge in [0.1, 0.15) is 0 Å². The molecule has 0 saturated carbocycles. The molecule has 0 bridgehead atoms. The molecule has 0 aromatic heterocycles. The average molecular weight is 305 g/mol. The number of benzene rings is 1. The second-order valence-corrected chi connectivity index (χ2v) is 3.92. The molecule has 116 valence electrons.